The van der Waals surface area contributed by atoms with Crippen LogP contribution in [0.1, 0.15) is 19.3 Å². The van der Waals surface area contributed by atoms with Gasteiger partial charge in [-0.2, -0.15) is 5.26 Å². The van der Waals surface area contributed by atoms with Crippen LogP contribution in [0, 0.1) is 16.7 Å². The van der Waals surface area contributed by atoms with Gasteiger partial charge < -0.3 is 14.8 Å². The quantitative estimate of drug-likeness (QED) is 0.838. The van der Waals surface area contributed by atoms with Crippen molar-refractivity contribution in [2.75, 3.05) is 26.1 Å². The van der Waals surface area contributed by atoms with Gasteiger partial charge in [0.15, 0.2) is 0 Å². The lowest BCUT2D eigenvalue weighted by Gasteiger charge is -2.16. The van der Waals surface area contributed by atoms with E-state index in [0.29, 0.717) is 6.42 Å². The molecule has 1 aliphatic rings. The fourth-order valence-electron chi connectivity index (χ4n) is 1.99. The number of ether oxygens (including phenoxy) is 2. The van der Waals surface area contributed by atoms with Crippen molar-refractivity contribution in [2.24, 2.45) is 5.41 Å². The third kappa shape index (κ3) is 2.67. The molecule has 1 saturated carbocycles. The van der Waals surface area contributed by atoms with Gasteiger partial charge in [0, 0.05) is 24.4 Å². The number of hydrogen-bond donors (Lipinski definition) is 1. The van der Waals surface area contributed by atoms with Crippen molar-refractivity contribution in [2.45, 2.75) is 19.3 Å². The largest absolute Gasteiger partial charge is 0.497 e. The number of methoxy groups -OCH3 is 2. The lowest BCUT2D eigenvalue weighted by molar-refractivity contribution is 0.395. The highest BCUT2D eigenvalue weighted by atomic mass is 16.5. The average molecular weight is 246 g/mol. The first-order valence-corrected chi connectivity index (χ1v) is 6.06. The number of rotatable bonds is 6. The van der Waals surface area contributed by atoms with Crippen LogP contribution in [0.25, 0.3) is 0 Å². The van der Waals surface area contributed by atoms with Gasteiger partial charge in [-0.25, -0.2) is 0 Å². The predicted octanol–water partition coefficient (Wildman–Crippen LogP) is 2.81. The molecule has 0 bridgehead atoms. The molecule has 0 saturated heterocycles. The second kappa shape index (κ2) is 5.18. The molecular formula is C14H18N2O2. The minimum Gasteiger partial charge on any atom is -0.497 e. The summed E-state index contributed by atoms with van der Waals surface area (Å²) in [5.74, 6) is 1.54. The Morgan fingerprint density at radius 1 is 1.33 bits per heavy atom. The highest BCUT2D eigenvalue weighted by Crippen LogP contribution is 2.48. The van der Waals surface area contributed by atoms with Gasteiger partial charge in [-0.1, -0.05) is 0 Å². The summed E-state index contributed by atoms with van der Waals surface area (Å²) in [5, 5.41) is 12.2. The van der Waals surface area contributed by atoms with E-state index in [1.807, 2.05) is 18.2 Å². The molecule has 2 rings (SSSR count). The Balaban J connectivity index is 2.03. The maximum Gasteiger partial charge on any atom is 0.145 e. The molecule has 4 heteroatoms. The van der Waals surface area contributed by atoms with Crippen molar-refractivity contribution in [3.8, 4) is 17.6 Å². The molecular weight excluding hydrogens is 228 g/mol. The summed E-state index contributed by atoms with van der Waals surface area (Å²) in [6.45, 7) is 0.823. The first kappa shape index (κ1) is 12.6. The third-order valence-corrected chi connectivity index (χ3v) is 3.47. The highest BCUT2D eigenvalue weighted by molar-refractivity contribution is 5.59. The van der Waals surface area contributed by atoms with Gasteiger partial charge >= 0.3 is 0 Å². The minimum atomic E-state index is 0.180. The predicted molar refractivity (Wildman–Crippen MR) is 69.9 cm³/mol. The molecule has 18 heavy (non-hydrogen) atoms. The Kier molecular flexibility index (Phi) is 3.61. The van der Waals surface area contributed by atoms with Crippen molar-refractivity contribution >= 4 is 5.69 Å². The van der Waals surface area contributed by atoms with Crippen molar-refractivity contribution in [1.82, 2.24) is 0 Å². The lowest BCUT2D eigenvalue weighted by Crippen LogP contribution is -2.15. The Labute approximate surface area is 108 Å². The molecule has 0 spiro atoms. The van der Waals surface area contributed by atoms with Gasteiger partial charge in [0.2, 0.25) is 0 Å². The van der Waals surface area contributed by atoms with E-state index in [0.717, 1.165) is 36.6 Å². The standard InChI is InChI=1S/C14H18N2O2/c1-17-11-3-4-12(13(9-11)18-2)16-10-14(5-6-14)7-8-15/h3-4,9,16H,5-7,10H2,1-2H3. The first-order valence-electron chi connectivity index (χ1n) is 6.06. The van der Waals surface area contributed by atoms with Gasteiger partial charge in [0.1, 0.15) is 11.5 Å². The van der Waals surface area contributed by atoms with Crippen LogP contribution in [-0.4, -0.2) is 20.8 Å². The molecule has 0 heterocycles. The number of nitrogens with one attached hydrogen (secondary N) is 1. The Hall–Kier alpha value is -1.89. The second-order valence-corrected chi connectivity index (χ2v) is 4.75. The smallest absolute Gasteiger partial charge is 0.145 e. The molecule has 96 valence electrons. The second-order valence-electron chi connectivity index (χ2n) is 4.75. The van der Waals surface area contributed by atoms with Gasteiger partial charge in [0.25, 0.3) is 0 Å². The van der Waals surface area contributed by atoms with Gasteiger partial charge in [-0.3, -0.25) is 0 Å². The van der Waals surface area contributed by atoms with E-state index in [1.165, 1.54) is 0 Å². The number of nitriles is 1. The maximum atomic E-state index is 8.79. The van der Waals surface area contributed by atoms with E-state index in [1.54, 1.807) is 14.2 Å². The van der Waals surface area contributed by atoms with Crippen LogP contribution in [0.4, 0.5) is 5.69 Å². The number of hydrogen-bond acceptors (Lipinski definition) is 4. The fourth-order valence-corrected chi connectivity index (χ4v) is 1.99. The van der Waals surface area contributed by atoms with Crippen LogP contribution in [0.5, 0.6) is 11.5 Å². The molecule has 1 aromatic carbocycles. The molecule has 4 nitrogen and oxygen atoms in total. The van der Waals surface area contributed by atoms with Crippen LogP contribution in [0.15, 0.2) is 18.2 Å². The summed E-state index contributed by atoms with van der Waals surface area (Å²) >= 11 is 0. The molecule has 1 fully saturated rings. The summed E-state index contributed by atoms with van der Waals surface area (Å²) in [4.78, 5) is 0. The number of anilines is 1. The molecule has 0 aromatic heterocycles. The van der Waals surface area contributed by atoms with Crippen LogP contribution in [0.2, 0.25) is 0 Å². The van der Waals surface area contributed by atoms with Crippen LogP contribution in [0.3, 0.4) is 0 Å². The molecule has 0 radical (unpaired) electrons. The Morgan fingerprint density at radius 3 is 2.67 bits per heavy atom. The normalized spacial score (nSPS) is 15.6. The zero-order chi connectivity index (χ0) is 13.0. The first-order chi connectivity index (χ1) is 8.73. The van der Waals surface area contributed by atoms with E-state index < -0.39 is 0 Å². The van der Waals surface area contributed by atoms with E-state index in [4.69, 9.17) is 14.7 Å². The van der Waals surface area contributed by atoms with Crippen LogP contribution >= 0.6 is 0 Å². The summed E-state index contributed by atoms with van der Waals surface area (Å²) in [6, 6.07) is 7.96. The van der Waals surface area contributed by atoms with E-state index >= 15 is 0 Å². The lowest BCUT2D eigenvalue weighted by atomic mass is 10.0. The maximum absolute atomic E-state index is 8.79. The molecule has 0 amide bonds. The molecule has 0 unspecified atom stereocenters. The minimum absolute atomic E-state index is 0.180. The van der Waals surface area contributed by atoms with E-state index in [-0.39, 0.29) is 5.41 Å². The van der Waals surface area contributed by atoms with E-state index in [2.05, 4.69) is 11.4 Å². The molecule has 0 atom stereocenters. The van der Waals surface area contributed by atoms with Crippen molar-refractivity contribution < 1.29 is 9.47 Å². The third-order valence-electron chi connectivity index (χ3n) is 3.47. The fraction of sp³-hybridized carbons (Fsp3) is 0.500. The summed E-state index contributed by atoms with van der Waals surface area (Å²) < 4.78 is 10.5. The zero-order valence-electron chi connectivity index (χ0n) is 10.8. The topological polar surface area (TPSA) is 54.3 Å². The monoisotopic (exact) mass is 246 g/mol. The summed E-state index contributed by atoms with van der Waals surface area (Å²) in [5.41, 5.74) is 1.13. The van der Waals surface area contributed by atoms with Gasteiger partial charge in [-0.05, 0) is 25.0 Å². The average Bonchev–Trinajstić information content (AvgIpc) is 3.17. The molecule has 1 aliphatic carbocycles. The SMILES string of the molecule is COc1ccc(NCC2(CC#N)CC2)c(OC)c1. The summed E-state index contributed by atoms with van der Waals surface area (Å²) in [7, 11) is 3.27. The Bertz CT molecular complexity index is 461. The zero-order valence-corrected chi connectivity index (χ0v) is 10.8. The molecule has 1 aromatic rings. The van der Waals surface area contributed by atoms with Crippen molar-refractivity contribution in [3.05, 3.63) is 18.2 Å². The molecule has 1 N–H and O–H groups in total. The highest BCUT2D eigenvalue weighted by Gasteiger charge is 2.42. The number of nitrogens with zero attached hydrogens (tertiary/aromatic N) is 1. The van der Waals surface area contributed by atoms with Crippen molar-refractivity contribution in [3.63, 3.8) is 0 Å². The van der Waals surface area contributed by atoms with Crippen LogP contribution in [-0.2, 0) is 0 Å². The van der Waals surface area contributed by atoms with Crippen molar-refractivity contribution in [1.29, 1.82) is 5.26 Å². The summed E-state index contributed by atoms with van der Waals surface area (Å²) in [6.07, 6.45) is 2.89. The number of benzene rings is 1. The van der Waals surface area contributed by atoms with E-state index in [9.17, 15) is 0 Å². The van der Waals surface area contributed by atoms with Gasteiger partial charge in [-0.15, -0.1) is 0 Å². The van der Waals surface area contributed by atoms with Gasteiger partial charge in [0.05, 0.1) is 26.0 Å². The Morgan fingerprint density at radius 2 is 2.11 bits per heavy atom. The van der Waals surface area contributed by atoms with Crippen LogP contribution < -0.4 is 14.8 Å². The molecule has 0 aliphatic heterocycles.